The first-order chi connectivity index (χ1) is 21.2. The number of likely N-dealkylation sites (tertiary alicyclic amines) is 1. The number of carbonyl (C=O) groups is 2. The fourth-order valence-electron chi connectivity index (χ4n) is 5.41. The van der Waals surface area contributed by atoms with E-state index >= 15 is 0 Å². The first kappa shape index (κ1) is 32.2. The van der Waals surface area contributed by atoms with Gasteiger partial charge < -0.3 is 20.4 Å². The number of benzene rings is 2. The second-order valence-corrected chi connectivity index (χ2v) is 12.4. The molecule has 44 heavy (non-hydrogen) atoms. The Labute approximate surface area is 262 Å². The Hall–Kier alpha value is -3.20. The van der Waals surface area contributed by atoms with Crippen LogP contribution in [-0.4, -0.2) is 90.8 Å². The van der Waals surface area contributed by atoms with Gasteiger partial charge >= 0.3 is 0 Å². The molecule has 2 aliphatic rings. The number of halogens is 3. The zero-order chi connectivity index (χ0) is 31.2. The number of aliphatic hydroxyl groups is 2. The molecule has 2 aliphatic heterocycles. The number of β-amino-alcohol motifs (C(OH)–C–C–N with tert-alkyl or cyclic N) is 1. The molecule has 10 nitrogen and oxygen atoms in total. The molecule has 2 aromatic carbocycles. The van der Waals surface area contributed by atoms with Crippen LogP contribution in [0.4, 0.5) is 13.6 Å². The number of nitrogens with zero attached hydrogens (tertiary/aromatic N) is 5. The summed E-state index contributed by atoms with van der Waals surface area (Å²) in [6.07, 6.45) is 3.95. The van der Waals surface area contributed by atoms with Gasteiger partial charge in [-0.25, -0.2) is 13.8 Å². The number of amides is 2. The van der Waals surface area contributed by atoms with Crippen molar-refractivity contribution in [1.82, 2.24) is 29.9 Å². The summed E-state index contributed by atoms with van der Waals surface area (Å²) in [4.78, 5) is 32.8. The molecule has 0 spiro atoms. The summed E-state index contributed by atoms with van der Waals surface area (Å²) in [6, 6.07) is 10.2. The predicted octanol–water partition coefficient (Wildman–Crippen LogP) is 3.71. The molecule has 234 valence electrons. The predicted molar refractivity (Wildman–Crippen MR) is 162 cm³/mol. The Balaban J connectivity index is 1.10. The van der Waals surface area contributed by atoms with Crippen molar-refractivity contribution in [2.75, 3.05) is 32.7 Å². The monoisotopic (exact) mass is 646 g/mol. The number of rotatable bonds is 12. The van der Waals surface area contributed by atoms with Gasteiger partial charge in [-0.3, -0.25) is 19.2 Å². The molecule has 3 heterocycles. The van der Waals surface area contributed by atoms with Crippen LogP contribution in [0.1, 0.15) is 30.1 Å². The van der Waals surface area contributed by atoms with E-state index in [-0.39, 0.29) is 24.7 Å². The minimum absolute atomic E-state index is 0.0167. The van der Waals surface area contributed by atoms with Gasteiger partial charge in [0.25, 0.3) is 11.1 Å². The molecule has 2 saturated heterocycles. The van der Waals surface area contributed by atoms with Crippen LogP contribution >= 0.6 is 23.4 Å². The average Bonchev–Trinajstić information content (AvgIpc) is 3.60. The number of hydrogen-bond acceptors (Lipinski definition) is 9. The van der Waals surface area contributed by atoms with Crippen molar-refractivity contribution in [2.45, 2.75) is 37.6 Å². The minimum atomic E-state index is -1.20. The third kappa shape index (κ3) is 8.29. The van der Waals surface area contributed by atoms with E-state index in [0.717, 1.165) is 47.2 Å². The van der Waals surface area contributed by atoms with E-state index < -0.39 is 40.9 Å². The van der Waals surface area contributed by atoms with Crippen LogP contribution in [0.5, 0.6) is 0 Å². The molecule has 0 radical (unpaired) electrons. The molecule has 14 heteroatoms. The zero-order valence-corrected chi connectivity index (χ0v) is 25.3. The molecule has 3 atom stereocenters. The lowest BCUT2D eigenvalue weighted by molar-refractivity contribution is -0.123. The van der Waals surface area contributed by atoms with E-state index in [4.69, 9.17) is 11.6 Å². The number of aromatic nitrogens is 3. The molecule has 2 amide bonds. The Kier molecular flexibility index (Phi) is 10.8. The van der Waals surface area contributed by atoms with E-state index in [9.17, 15) is 28.6 Å². The van der Waals surface area contributed by atoms with E-state index in [0.29, 0.717) is 36.1 Å². The second kappa shape index (κ2) is 14.7. The van der Waals surface area contributed by atoms with Crippen LogP contribution in [-0.2, 0) is 11.3 Å². The summed E-state index contributed by atoms with van der Waals surface area (Å²) in [5, 5.41) is 29.5. The van der Waals surface area contributed by atoms with Crippen LogP contribution in [0, 0.1) is 17.6 Å². The molecular weight excluding hydrogens is 614 g/mol. The fourth-order valence-corrected chi connectivity index (χ4v) is 6.38. The van der Waals surface area contributed by atoms with Crippen LogP contribution in [0.25, 0.3) is 6.08 Å². The van der Waals surface area contributed by atoms with Gasteiger partial charge in [-0.1, -0.05) is 29.8 Å². The molecule has 3 aromatic rings. The summed E-state index contributed by atoms with van der Waals surface area (Å²) in [7, 11) is 0. The van der Waals surface area contributed by atoms with Crippen LogP contribution < -0.4 is 5.32 Å². The quantitative estimate of drug-likeness (QED) is 0.253. The summed E-state index contributed by atoms with van der Waals surface area (Å²) in [5.74, 6) is -2.42. The molecule has 0 bridgehead atoms. The fraction of sp³-hybridized carbons (Fsp3) is 0.400. The normalized spacial score (nSPS) is 19.6. The topological polar surface area (TPSA) is 124 Å². The maximum Gasteiger partial charge on any atom is 0.293 e. The van der Waals surface area contributed by atoms with Gasteiger partial charge in [0.05, 0.1) is 23.7 Å². The van der Waals surface area contributed by atoms with E-state index in [1.807, 2.05) is 0 Å². The van der Waals surface area contributed by atoms with Gasteiger partial charge in [0.1, 0.15) is 24.3 Å². The van der Waals surface area contributed by atoms with Crippen molar-refractivity contribution in [3.05, 3.63) is 87.8 Å². The second-order valence-electron chi connectivity index (χ2n) is 11.0. The van der Waals surface area contributed by atoms with Gasteiger partial charge in [0.2, 0.25) is 0 Å². The van der Waals surface area contributed by atoms with Crippen LogP contribution in [0.2, 0.25) is 5.02 Å². The molecule has 0 saturated carbocycles. The molecule has 0 aliphatic carbocycles. The number of aliphatic hydroxyl groups excluding tert-OH is 2. The smallest absolute Gasteiger partial charge is 0.293 e. The van der Waals surface area contributed by atoms with Crippen molar-refractivity contribution in [2.24, 2.45) is 5.92 Å². The molecule has 5 rings (SSSR count). The lowest BCUT2D eigenvalue weighted by atomic mass is 9.94. The highest BCUT2D eigenvalue weighted by atomic mass is 35.5. The van der Waals surface area contributed by atoms with Crippen molar-refractivity contribution in [3.8, 4) is 0 Å². The molecule has 2 fully saturated rings. The standard InChI is InChI=1S/C30H33ClF2N6O4S/c31-21-3-1-19(2-4-21)11-27-29(42)39(30(43)44-27)16-24(40)15-37-9-7-23(8-10-37)35-13-20(14-38-18-34-17-36-38)28(41)25-6-5-22(32)12-26(25)33/h1-6,11-12,17-18,20,23-24,28,35,40-41H,7-10,13-16H2/b27-11-. The molecule has 3 unspecified atom stereocenters. The van der Waals surface area contributed by atoms with Gasteiger partial charge in [0.15, 0.2) is 0 Å². The van der Waals surface area contributed by atoms with E-state index in [2.05, 4.69) is 20.3 Å². The van der Waals surface area contributed by atoms with Crippen molar-refractivity contribution >= 4 is 40.6 Å². The molecule has 1 aromatic heterocycles. The summed E-state index contributed by atoms with van der Waals surface area (Å²) < 4.78 is 29.4. The molecular formula is C30H33ClF2N6O4S. The SMILES string of the molecule is O=C1S/C(=C\c2ccc(Cl)cc2)C(=O)N1CC(O)CN1CCC(NCC(Cn2cncn2)C(O)c2ccc(F)cc2F)CC1. The average molecular weight is 647 g/mol. The number of thioether (sulfide) groups is 1. The van der Waals surface area contributed by atoms with Crippen LogP contribution in [0.3, 0.4) is 0 Å². The Morgan fingerprint density at radius 2 is 1.82 bits per heavy atom. The summed E-state index contributed by atoms with van der Waals surface area (Å²) in [6.45, 7) is 2.20. The highest BCUT2D eigenvalue weighted by molar-refractivity contribution is 8.18. The highest BCUT2D eigenvalue weighted by Gasteiger charge is 2.36. The number of carbonyl (C=O) groups excluding carboxylic acids is 2. The first-order valence-corrected chi connectivity index (χ1v) is 15.5. The largest absolute Gasteiger partial charge is 0.390 e. The number of nitrogens with one attached hydrogen (secondary N) is 1. The number of hydrogen-bond donors (Lipinski definition) is 3. The van der Waals surface area contributed by atoms with Gasteiger partial charge in [-0.15, -0.1) is 0 Å². The zero-order valence-electron chi connectivity index (χ0n) is 23.7. The third-order valence-electron chi connectivity index (χ3n) is 7.78. The minimum Gasteiger partial charge on any atom is -0.390 e. The van der Waals surface area contributed by atoms with Crippen molar-refractivity contribution in [3.63, 3.8) is 0 Å². The summed E-state index contributed by atoms with van der Waals surface area (Å²) >= 11 is 6.76. The van der Waals surface area contributed by atoms with Gasteiger partial charge in [-0.05, 0) is 67.5 Å². The van der Waals surface area contributed by atoms with Crippen molar-refractivity contribution in [1.29, 1.82) is 0 Å². The van der Waals surface area contributed by atoms with Gasteiger partial charge in [-0.2, -0.15) is 5.10 Å². The number of imide groups is 1. The van der Waals surface area contributed by atoms with E-state index in [1.165, 1.54) is 18.7 Å². The van der Waals surface area contributed by atoms with Crippen LogP contribution in [0.15, 0.2) is 60.0 Å². The number of piperidine rings is 1. The third-order valence-corrected chi connectivity index (χ3v) is 8.94. The van der Waals surface area contributed by atoms with Gasteiger partial charge in [0, 0.05) is 48.2 Å². The summed E-state index contributed by atoms with van der Waals surface area (Å²) in [5.41, 5.74) is 0.766. The highest BCUT2D eigenvalue weighted by Crippen LogP contribution is 2.32. The van der Waals surface area contributed by atoms with Crippen molar-refractivity contribution < 1.29 is 28.6 Å². The lowest BCUT2D eigenvalue weighted by Gasteiger charge is -2.35. The molecule has 3 N–H and O–H groups in total. The lowest BCUT2D eigenvalue weighted by Crippen LogP contribution is -2.48. The maximum atomic E-state index is 14.4. The Morgan fingerprint density at radius 3 is 2.50 bits per heavy atom. The Morgan fingerprint density at radius 1 is 1.07 bits per heavy atom. The van der Waals surface area contributed by atoms with E-state index in [1.54, 1.807) is 35.0 Å². The maximum absolute atomic E-state index is 14.4. The first-order valence-electron chi connectivity index (χ1n) is 14.3. The Bertz CT molecular complexity index is 1470.